The lowest BCUT2D eigenvalue weighted by Crippen LogP contribution is -2.28. The smallest absolute Gasteiger partial charge is 0.274 e. The second-order valence-corrected chi connectivity index (χ2v) is 4.97. The summed E-state index contributed by atoms with van der Waals surface area (Å²) in [6, 6.07) is 9.01. The Morgan fingerprint density at radius 2 is 1.41 bits per heavy atom. The van der Waals surface area contributed by atoms with Crippen molar-refractivity contribution in [2.24, 2.45) is 9.04 Å². The third-order valence-corrected chi connectivity index (χ3v) is 2.90. The number of carbonyl (C=O) groups is 2. The fourth-order valence-electron chi connectivity index (χ4n) is 1.55. The Morgan fingerprint density at radius 1 is 0.955 bits per heavy atom. The number of imide groups is 1. The highest BCUT2D eigenvalue weighted by molar-refractivity contribution is 7.88. The third-order valence-electron chi connectivity index (χ3n) is 2.35. The molecule has 2 amide bonds. The number of hydrogen-bond donors (Lipinski definition) is 0. The van der Waals surface area contributed by atoms with Crippen molar-refractivity contribution in [1.82, 2.24) is 0 Å². The average molecular weight is 323 g/mol. The number of carbonyl (C=O) groups excluding carboxylic acids is 2. The van der Waals surface area contributed by atoms with Crippen LogP contribution in [-0.4, -0.2) is 20.2 Å². The molecule has 0 spiro atoms. The summed E-state index contributed by atoms with van der Waals surface area (Å²) < 4.78 is 24.3. The van der Waals surface area contributed by atoms with Crippen molar-refractivity contribution < 1.29 is 18.0 Å². The summed E-state index contributed by atoms with van der Waals surface area (Å²) >= 11 is 0. The van der Waals surface area contributed by atoms with Crippen LogP contribution in [-0.2, 0) is 19.8 Å². The van der Waals surface area contributed by atoms with Crippen molar-refractivity contribution >= 4 is 27.7 Å². The summed E-state index contributed by atoms with van der Waals surface area (Å²) in [6.07, 6.45) is 0.682. The molecule has 12 heteroatoms. The van der Waals surface area contributed by atoms with Gasteiger partial charge in [0.1, 0.15) is 0 Å². The number of azide groups is 1. The fourth-order valence-corrected chi connectivity index (χ4v) is 1.77. The lowest BCUT2D eigenvalue weighted by atomic mass is 10.3. The molecule has 11 nitrogen and oxygen atoms in total. The molecule has 1 heterocycles. The topological polar surface area (TPSA) is 169 Å². The molecule has 0 aliphatic carbocycles. The fraction of sp³-hybridized carbons (Fsp3) is 0.200. The van der Waals surface area contributed by atoms with Gasteiger partial charge < -0.3 is 0 Å². The molecule has 1 fully saturated rings. The van der Waals surface area contributed by atoms with Gasteiger partial charge in [-0.2, -0.15) is 0 Å². The van der Waals surface area contributed by atoms with E-state index in [2.05, 4.69) is 9.04 Å². The van der Waals surface area contributed by atoms with Crippen molar-refractivity contribution in [2.75, 3.05) is 4.90 Å². The minimum Gasteiger partial charge on any atom is -0.274 e. The molecule has 0 atom stereocenters. The van der Waals surface area contributed by atoms with E-state index in [1.807, 2.05) is 28.0 Å². The minimum absolute atomic E-state index is 0.101. The second kappa shape index (κ2) is 7.64. The molecule has 0 radical (unpaired) electrons. The first-order valence-corrected chi connectivity index (χ1v) is 7.09. The van der Waals surface area contributed by atoms with Gasteiger partial charge in [0.2, 0.25) is 11.8 Å². The third kappa shape index (κ3) is 4.80. The standard InChI is InChI=1S/C10H9NO2.N6O2S/c12-9-6-7-10(13)11(9)8-4-2-1-3-5-8;1-3-5-9(7,8)6-4-2/h1-5H,6-7H2;. The SMILES string of the molecule is O=C1CCC(=O)N1c1ccccc1.[N-]=[N+]=NS(=O)(=O)N=[N+]=[N-]. The van der Waals surface area contributed by atoms with Crippen molar-refractivity contribution in [3.8, 4) is 0 Å². The van der Waals surface area contributed by atoms with Crippen LogP contribution in [0.2, 0.25) is 0 Å². The molecule has 0 bridgehead atoms. The van der Waals surface area contributed by atoms with Crippen LogP contribution >= 0.6 is 0 Å². The molecular weight excluding hydrogens is 314 g/mol. The Labute approximate surface area is 124 Å². The summed E-state index contributed by atoms with van der Waals surface area (Å²) in [4.78, 5) is 27.6. The van der Waals surface area contributed by atoms with E-state index in [4.69, 9.17) is 11.1 Å². The van der Waals surface area contributed by atoms with Crippen LogP contribution in [0.3, 0.4) is 0 Å². The molecule has 1 aromatic carbocycles. The van der Waals surface area contributed by atoms with Crippen molar-refractivity contribution in [3.63, 3.8) is 0 Å². The van der Waals surface area contributed by atoms with Crippen LogP contribution < -0.4 is 4.90 Å². The Balaban J connectivity index is 0.000000239. The molecule has 22 heavy (non-hydrogen) atoms. The number of rotatable bonds is 3. The van der Waals surface area contributed by atoms with E-state index in [1.54, 1.807) is 12.1 Å². The van der Waals surface area contributed by atoms with Crippen molar-refractivity contribution in [1.29, 1.82) is 0 Å². The molecule has 114 valence electrons. The van der Waals surface area contributed by atoms with Gasteiger partial charge in [0.25, 0.3) is 0 Å². The predicted octanol–water partition coefficient (Wildman–Crippen LogP) is 2.19. The van der Waals surface area contributed by atoms with Crippen LogP contribution in [0.1, 0.15) is 12.8 Å². The highest BCUT2D eigenvalue weighted by atomic mass is 32.2. The van der Waals surface area contributed by atoms with E-state index in [0.717, 1.165) is 0 Å². The average Bonchev–Trinajstić information content (AvgIpc) is 2.79. The van der Waals surface area contributed by atoms with Crippen LogP contribution in [0.15, 0.2) is 39.4 Å². The van der Waals surface area contributed by atoms with Gasteiger partial charge in [0.15, 0.2) is 0 Å². The van der Waals surface area contributed by atoms with Gasteiger partial charge in [-0.15, -0.1) is 0 Å². The highest BCUT2D eigenvalue weighted by Crippen LogP contribution is 2.21. The van der Waals surface area contributed by atoms with E-state index < -0.39 is 10.2 Å². The predicted molar refractivity (Wildman–Crippen MR) is 75.4 cm³/mol. The molecule has 1 saturated heterocycles. The van der Waals surface area contributed by atoms with E-state index in [1.165, 1.54) is 4.90 Å². The summed E-state index contributed by atoms with van der Waals surface area (Å²) in [7, 11) is -4.27. The molecule has 1 aliphatic heterocycles. The maximum Gasteiger partial charge on any atom is 0.321 e. The zero-order valence-corrected chi connectivity index (χ0v) is 11.8. The summed E-state index contributed by atoms with van der Waals surface area (Å²) in [5.74, 6) is -0.201. The first kappa shape index (κ1) is 17.0. The lowest BCUT2D eigenvalue weighted by molar-refractivity contribution is -0.121. The van der Waals surface area contributed by atoms with Crippen LogP contribution in [0, 0.1) is 0 Å². The van der Waals surface area contributed by atoms with Gasteiger partial charge in [0.05, 0.1) is 5.69 Å². The van der Waals surface area contributed by atoms with Gasteiger partial charge in [-0.05, 0) is 23.2 Å². The Hall–Kier alpha value is -3.07. The number of para-hydroxylation sites is 1. The Kier molecular flexibility index (Phi) is 5.90. The first-order chi connectivity index (χ1) is 10.4. The number of nitrogens with zero attached hydrogens (tertiary/aromatic N) is 7. The molecule has 1 aliphatic rings. The monoisotopic (exact) mass is 323 g/mol. The van der Waals surface area contributed by atoms with E-state index in [9.17, 15) is 18.0 Å². The summed E-state index contributed by atoms with van der Waals surface area (Å²) in [5, 5.41) is 0. The zero-order chi connectivity index (χ0) is 16.6. The van der Waals surface area contributed by atoms with E-state index >= 15 is 0 Å². The van der Waals surface area contributed by atoms with Crippen LogP contribution in [0.25, 0.3) is 20.9 Å². The van der Waals surface area contributed by atoms with Gasteiger partial charge in [-0.25, -0.2) is 8.42 Å². The molecule has 1 aromatic rings. The summed E-state index contributed by atoms with van der Waals surface area (Å²) in [6.45, 7) is 0. The highest BCUT2D eigenvalue weighted by Gasteiger charge is 2.29. The maximum atomic E-state index is 11.3. The number of benzene rings is 1. The van der Waals surface area contributed by atoms with Crippen molar-refractivity contribution in [3.05, 3.63) is 51.2 Å². The number of hydrogen-bond acceptors (Lipinski definition) is 4. The van der Waals surface area contributed by atoms with Gasteiger partial charge in [-0.3, -0.25) is 14.5 Å². The minimum atomic E-state index is -4.27. The molecule has 0 saturated carbocycles. The Morgan fingerprint density at radius 3 is 1.82 bits per heavy atom. The molecule has 0 N–H and O–H groups in total. The van der Waals surface area contributed by atoms with Gasteiger partial charge in [0, 0.05) is 31.7 Å². The molecular formula is C10H9N7O4S. The second-order valence-electron chi connectivity index (χ2n) is 3.75. The maximum absolute atomic E-state index is 11.3. The lowest BCUT2D eigenvalue weighted by Gasteiger charge is -2.12. The largest absolute Gasteiger partial charge is 0.321 e. The number of amides is 2. The van der Waals surface area contributed by atoms with E-state index in [-0.39, 0.29) is 11.8 Å². The first-order valence-electron chi connectivity index (χ1n) is 5.70. The quantitative estimate of drug-likeness (QED) is 0.359. The Bertz CT molecular complexity index is 724. The van der Waals surface area contributed by atoms with E-state index in [0.29, 0.717) is 18.5 Å². The molecule has 0 aromatic heterocycles. The van der Waals surface area contributed by atoms with Gasteiger partial charge in [-0.1, -0.05) is 18.2 Å². The normalized spacial score (nSPS) is 13.5. The summed E-state index contributed by atoms with van der Waals surface area (Å²) in [5.41, 5.74) is 15.7. The molecule has 2 rings (SSSR count). The number of anilines is 1. The molecule has 0 unspecified atom stereocenters. The van der Waals surface area contributed by atoms with Crippen LogP contribution in [0.4, 0.5) is 5.69 Å². The van der Waals surface area contributed by atoms with Crippen molar-refractivity contribution in [2.45, 2.75) is 12.8 Å². The van der Waals surface area contributed by atoms with Crippen LogP contribution in [0.5, 0.6) is 0 Å². The zero-order valence-electron chi connectivity index (χ0n) is 11.0. The van der Waals surface area contributed by atoms with Gasteiger partial charge >= 0.3 is 10.2 Å².